The number of benzene rings is 1. The quantitative estimate of drug-likeness (QED) is 0.255. The number of pyridine rings is 1. The van der Waals surface area contributed by atoms with Crippen molar-refractivity contribution in [3.05, 3.63) is 70.8 Å². The molecule has 168 valence electrons. The van der Waals surface area contributed by atoms with Gasteiger partial charge in [-0.3, -0.25) is 0 Å². The Morgan fingerprint density at radius 3 is 2.59 bits per heavy atom. The number of aryl methyl sites for hydroxylation is 1. The SMILES string of the molecule is CC(C)(C)C(=O)ON=CCC[n+]1cc(-c2cccc(C(F)(F)F)c2)c(=O)n2ccccc21. The molecule has 6 nitrogen and oxygen atoms in total. The highest BCUT2D eigenvalue weighted by molar-refractivity contribution is 5.75. The van der Waals surface area contributed by atoms with Gasteiger partial charge in [-0.1, -0.05) is 23.4 Å². The minimum absolute atomic E-state index is 0.135. The number of fused-ring (bicyclic) bond motifs is 1. The van der Waals surface area contributed by atoms with Crippen molar-refractivity contribution in [3.63, 3.8) is 0 Å². The zero-order chi connectivity index (χ0) is 23.5. The molecule has 0 fully saturated rings. The van der Waals surface area contributed by atoms with Gasteiger partial charge in [0.05, 0.1) is 23.7 Å². The number of aromatic nitrogens is 2. The predicted octanol–water partition coefficient (Wildman–Crippen LogP) is 4.24. The Kier molecular flexibility index (Phi) is 6.47. The number of carbonyl (C=O) groups is 1. The second kappa shape index (κ2) is 8.94. The topological polar surface area (TPSA) is 64.0 Å². The largest absolute Gasteiger partial charge is 0.416 e. The number of alkyl halides is 3. The summed E-state index contributed by atoms with van der Waals surface area (Å²) in [5.74, 6) is -0.468. The Morgan fingerprint density at radius 2 is 1.91 bits per heavy atom. The third-order valence-electron chi connectivity index (χ3n) is 4.69. The Labute approximate surface area is 182 Å². The van der Waals surface area contributed by atoms with E-state index in [0.29, 0.717) is 18.6 Å². The summed E-state index contributed by atoms with van der Waals surface area (Å²) in [6.45, 7) is 5.49. The number of carbonyl (C=O) groups excluding carboxylic acids is 1. The van der Waals surface area contributed by atoms with Gasteiger partial charge in [0.1, 0.15) is 11.8 Å². The van der Waals surface area contributed by atoms with Crippen LogP contribution < -0.4 is 10.1 Å². The molecule has 0 bridgehead atoms. The second-order valence-electron chi connectivity index (χ2n) is 8.25. The van der Waals surface area contributed by atoms with Crippen LogP contribution in [0, 0.1) is 5.41 Å². The van der Waals surface area contributed by atoms with E-state index in [1.54, 1.807) is 49.7 Å². The summed E-state index contributed by atoms with van der Waals surface area (Å²) in [6, 6.07) is 9.83. The van der Waals surface area contributed by atoms with E-state index in [-0.39, 0.29) is 11.1 Å². The molecule has 0 radical (unpaired) electrons. The van der Waals surface area contributed by atoms with E-state index in [0.717, 1.165) is 12.1 Å². The van der Waals surface area contributed by atoms with Gasteiger partial charge in [-0.25, -0.2) is 14.2 Å². The standard InChI is InChI=1S/C23H23F3N3O3/c1-22(2,3)21(31)32-27-11-7-12-28-15-18(20(30)29-13-5-4-10-19(28)29)16-8-6-9-17(14-16)23(24,25)26/h4-6,8-11,13-15H,7,12H2,1-3H3/q+1. The molecule has 2 aromatic heterocycles. The molecule has 0 amide bonds. The van der Waals surface area contributed by atoms with Gasteiger partial charge in [0.25, 0.3) is 5.65 Å². The van der Waals surface area contributed by atoms with Gasteiger partial charge in [0.15, 0.2) is 0 Å². The van der Waals surface area contributed by atoms with E-state index >= 15 is 0 Å². The minimum Gasteiger partial charge on any atom is -0.318 e. The van der Waals surface area contributed by atoms with Crippen molar-refractivity contribution in [1.29, 1.82) is 0 Å². The lowest BCUT2D eigenvalue weighted by molar-refractivity contribution is -0.672. The molecular formula is C23H23F3N3O3+. The van der Waals surface area contributed by atoms with Crippen LogP contribution in [0.5, 0.6) is 0 Å². The molecular weight excluding hydrogens is 423 g/mol. The summed E-state index contributed by atoms with van der Waals surface area (Å²) in [7, 11) is 0. The summed E-state index contributed by atoms with van der Waals surface area (Å²) in [5.41, 5.74) is -1.06. The lowest BCUT2D eigenvalue weighted by Crippen LogP contribution is -2.40. The summed E-state index contributed by atoms with van der Waals surface area (Å²) < 4.78 is 42.6. The van der Waals surface area contributed by atoms with Gasteiger partial charge in [0, 0.05) is 18.7 Å². The lowest BCUT2D eigenvalue weighted by atomic mass is 9.98. The van der Waals surface area contributed by atoms with Crippen molar-refractivity contribution in [3.8, 4) is 11.1 Å². The van der Waals surface area contributed by atoms with Gasteiger partial charge in [-0.2, -0.15) is 17.6 Å². The van der Waals surface area contributed by atoms with Crippen molar-refractivity contribution in [2.24, 2.45) is 10.6 Å². The third-order valence-corrected chi connectivity index (χ3v) is 4.69. The molecule has 32 heavy (non-hydrogen) atoms. The van der Waals surface area contributed by atoms with Gasteiger partial charge < -0.3 is 4.84 Å². The van der Waals surface area contributed by atoms with Crippen LogP contribution in [0.4, 0.5) is 13.2 Å². The lowest BCUT2D eigenvalue weighted by Gasteiger charge is -2.12. The van der Waals surface area contributed by atoms with Crippen LogP contribution in [0.25, 0.3) is 16.8 Å². The van der Waals surface area contributed by atoms with Gasteiger partial charge in [-0.15, -0.1) is 0 Å². The molecule has 9 heteroatoms. The maximum atomic E-state index is 13.1. The van der Waals surface area contributed by atoms with E-state index < -0.39 is 28.7 Å². The average Bonchev–Trinajstić information content (AvgIpc) is 2.73. The minimum atomic E-state index is -4.51. The van der Waals surface area contributed by atoms with Crippen LogP contribution in [0.15, 0.2) is 64.8 Å². The molecule has 0 aliphatic rings. The Balaban J connectivity index is 1.94. The molecule has 0 atom stereocenters. The Morgan fingerprint density at radius 1 is 1.16 bits per heavy atom. The van der Waals surface area contributed by atoms with Crippen LogP contribution in [0.1, 0.15) is 32.8 Å². The average molecular weight is 446 g/mol. The molecule has 3 aromatic rings. The molecule has 0 saturated carbocycles. The van der Waals surface area contributed by atoms with Crippen molar-refractivity contribution in [2.75, 3.05) is 0 Å². The number of hydrogen-bond acceptors (Lipinski definition) is 4. The fourth-order valence-corrected chi connectivity index (χ4v) is 2.96. The van der Waals surface area contributed by atoms with E-state index in [9.17, 15) is 22.8 Å². The van der Waals surface area contributed by atoms with Crippen LogP contribution >= 0.6 is 0 Å². The van der Waals surface area contributed by atoms with Crippen LogP contribution in [0.2, 0.25) is 0 Å². The van der Waals surface area contributed by atoms with Gasteiger partial charge >= 0.3 is 17.7 Å². The fraction of sp³-hybridized carbons (Fsp3) is 0.304. The van der Waals surface area contributed by atoms with Crippen LogP contribution in [0.3, 0.4) is 0 Å². The van der Waals surface area contributed by atoms with E-state index in [1.165, 1.54) is 28.9 Å². The molecule has 0 spiro atoms. The highest BCUT2D eigenvalue weighted by Crippen LogP contribution is 2.31. The highest BCUT2D eigenvalue weighted by atomic mass is 19.4. The van der Waals surface area contributed by atoms with Gasteiger partial charge in [-0.05, 0) is 44.5 Å². The maximum absolute atomic E-state index is 13.1. The van der Waals surface area contributed by atoms with Crippen LogP contribution in [-0.4, -0.2) is 16.6 Å². The number of oxime groups is 1. The monoisotopic (exact) mass is 446 g/mol. The fourth-order valence-electron chi connectivity index (χ4n) is 2.96. The molecule has 0 aliphatic heterocycles. The number of nitrogens with zero attached hydrogens (tertiary/aromatic N) is 3. The summed E-state index contributed by atoms with van der Waals surface area (Å²) in [4.78, 5) is 29.6. The number of halogens is 3. The first kappa shape index (κ1) is 23.2. The Bertz CT molecular complexity index is 1220. The summed E-state index contributed by atoms with van der Waals surface area (Å²) >= 11 is 0. The first-order valence-electron chi connectivity index (χ1n) is 9.93. The van der Waals surface area contributed by atoms with Crippen LogP contribution in [-0.2, 0) is 22.4 Å². The van der Waals surface area contributed by atoms with Crippen molar-refractivity contribution >= 4 is 17.8 Å². The molecule has 1 aromatic carbocycles. The number of rotatable bonds is 5. The van der Waals surface area contributed by atoms with E-state index in [2.05, 4.69) is 5.16 Å². The summed E-state index contributed by atoms with van der Waals surface area (Å²) in [5, 5.41) is 3.69. The highest BCUT2D eigenvalue weighted by Gasteiger charge is 2.31. The second-order valence-corrected chi connectivity index (χ2v) is 8.25. The summed E-state index contributed by atoms with van der Waals surface area (Å²) in [6.07, 6.45) is 0.380. The van der Waals surface area contributed by atoms with E-state index in [1.807, 2.05) is 0 Å². The molecule has 0 N–H and O–H groups in total. The smallest absolute Gasteiger partial charge is 0.318 e. The zero-order valence-corrected chi connectivity index (χ0v) is 17.9. The maximum Gasteiger partial charge on any atom is 0.416 e. The number of hydrogen-bond donors (Lipinski definition) is 0. The molecule has 0 aliphatic carbocycles. The molecule has 0 unspecified atom stereocenters. The van der Waals surface area contributed by atoms with Crippen molar-refractivity contribution in [2.45, 2.75) is 39.9 Å². The molecule has 3 rings (SSSR count). The van der Waals surface area contributed by atoms with Crippen molar-refractivity contribution < 1.29 is 27.4 Å². The normalized spacial score (nSPS) is 12.4. The first-order chi connectivity index (χ1) is 15.0. The molecule has 0 saturated heterocycles. The third kappa shape index (κ3) is 5.22. The predicted molar refractivity (Wildman–Crippen MR) is 113 cm³/mol. The van der Waals surface area contributed by atoms with E-state index in [4.69, 9.17) is 4.84 Å². The first-order valence-corrected chi connectivity index (χ1v) is 9.93. The zero-order valence-electron chi connectivity index (χ0n) is 17.9. The molecule has 2 heterocycles. The Hall–Kier alpha value is -3.49. The van der Waals surface area contributed by atoms with Gasteiger partial charge in [0.2, 0.25) is 0 Å². The van der Waals surface area contributed by atoms with Crippen molar-refractivity contribution in [1.82, 2.24) is 4.40 Å².